The molecule has 4 atom stereocenters. The number of nitrogens with zero attached hydrogens (tertiary/aromatic N) is 2. The van der Waals surface area contributed by atoms with Crippen LogP contribution in [0.1, 0.15) is 43.6 Å². The van der Waals surface area contributed by atoms with Gasteiger partial charge in [0.25, 0.3) is 5.91 Å². The molecule has 0 spiro atoms. The van der Waals surface area contributed by atoms with Gasteiger partial charge in [0, 0.05) is 0 Å². The number of nitrogens with one attached hydrogen (secondary N) is 1. The molecule has 2 aromatic rings. The van der Waals surface area contributed by atoms with Crippen LogP contribution >= 0.6 is 0 Å². The van der Waals surface area contributed by atoms with Crippen LogP contribution in [0.3, 0.4) is 0 Å². The number of hydrogen-bond acceptors (Lipinski definition) is 7. The van der Waals surface area contributed by atoms with Gasteiger partial charge in [-0.15, -0.1) is 23.4 Å². The molecule has 2 aliphatic carbocycles. The van der Waals surface area contributed by atoms with Crippen LogP contribution in [0.5, 0.6) is 5.75 Å². The topological polar surface area (TPSA) is 95.7 Å². The fourth-order valence-corrected chi connectivity index (χ4v) is 4.44. The minimum atomic E-state index is -4.80. The number of benzene rings is 1. The van der Waals surface area contributed by atoms with Crippen molar-refractivity contribution < 1.29 is 41.0 Å². The third kappa shape index (κ3) is 4.67. The van der Waals surface area contributed by atoms with E-state index in [2.05, 4.69) is 20.3 Å². The van der Waals surface area contributed by atoms with Gasteiger partial charge in [-0.1, -0.05) is 0 Å². The number of rotatable bonds is 7. The number of carbonyl (C=O) groups is 1. The second kappa shape index (κ2) is 8.24. The van der Waals surface area contributed by atoms with Crippen LogP contribution in [0.2, 0.25) is 0 Å². The third-order valence-corrected chi connectivity index (χ3v) is 6.33. The summed E-state index contributed by atoms with van der Waals surface area (Å²) in [6, 6.07) is 5.11. The standard InChI is InChI=1S/C21H21F4N3O5/c22-11-2-4-12(5-3-11)30-10-16(29)26-15-9-31-17(14-8-13(14)15)18-27-28-19(32-18)20(6-1-7-20)33-21(23,24)25/h2-5,13-15,17H,1,6-10H2,(H,26,29)/t13?,14?,15-,17-/m0/s1. The van der Waals surface area contributed by atoms with Crippen molar-refractivity contribution in [3.63, 3.8) is 0 Å². The Morgan fingerprint density at radius 1 is 1.18 bits per heavy atom. The lowest BCUT2D eigenvalue weighted by Gasteiger charge is -2.38. The predicted molar refractivity (Wildman–Crippen MR) is 101 cm³/mol. The highest BCUT2D eigenvalue weighted by molar-refractivity contribution is 5.78. The summed E-state index contributed by atoms with van der Waals surface area (Å²) in [4.78, 5) is 12.2. The van der Waals surface area contributed by atoms with E-state index in [1.54, 1.807) is 0 Å². The summed E-state index contributed by atoms with van der Waals surface area (Å²) in [5, 5.41) is 10.6. The van der Waals surface area contributed by atoms with Gasteiger partial charge in [-0.05, 0) is 61.8 Å². The summed E-state index contributed by atoms with van der Waals surface area (Å²) in [7, 11) is 0. The van der Waals surface area contributed by atoms with Gasteiger partial charge in [0.05, 0.1) is 12.6 Å². The molecule has 3 aliphatic rings. The number of alkyl halides is 3. The van der Waals surface area contributed by atoms with E-state index in [-0.39, 0.29) is 61.6 Å². The van der Waals surface area contributed by atoms with Crippen molar-refractivity contribution in [2.45, 2.75) is 49.8 Å². The Balaban J connectivity index is 1.15. The Morgan fingerprint density at radius 3 is 2.61 bits per heavy atom. The lowest BCUT2D eigenvalue weighted by Crippen LogP contribution is -2.45. The molecule has 1 aromatic heterocycles. The zero-order valence-electron chi connectivity index (χ0n) is 17.3. The molecule has 1 aliphatic heterocycles. The quantitative estimate of drug-likeness (QED) is 0.619. The highest BCUT2D eigenvalue weighted by atomic mass is 19.4. The molecule has 5 rings (SSSR count). The van der Waals surface area contributed by atoms with Crippen LogP contribution in [0, 0.1) is 17.7 Å². The molecule has 1 aromatic carbocycles. The normalized spacial score (nSPS) is 27.9. The monoisotopic (exact) mass is 471 g/mol. The van der Waals surface area contributed by atoms with Crippen molar-refractivity contribution in [3.8, 4) is 5.75 Å². The molecule has 2 heterocycles. The number of fused-ring (bicyclic) bond motifs is 1. The van der Waals surface area contributed by atoms with E-state index in [9.17, 15) is 22.4 Å². The maximum absolute atomic E-state index is 12.9. The molecule has 1 saturated heterocycles. The summed E-state index contributed by atoms with van der Waals surface area (Å²) in [5.41, 5.74) is -1.62. The first kappa shape index (κ1) is 22.1. The maximum Gasteiger partial charge on any atom is 0.523 e. The predicted octanol–water partition coefficient (Wildman–Crippen LogP) is 3.40. The minimum absolute atomic E-state index is 0.0104. The highest BCUT2D eigenvalue weighted by Gasteiger charge is 2.56. The van der Waals surface area contributed by atoms with Gasteiger partial charge in [-0.25, -0.2) is 4.39 Å². The molecule has 12 heteroatoms. The molecular weight excluding hydrogens is 450 g/mol. The number of aromatic nitrogens is 2. The molecular formula is C21H21F4N3O5. The zero-order valence-corrected chi connectivity index (χ0v) is 17.3. The van der Waals surface area contributed by atoms with Crippen LogP contribution in [0.25, 0.3) is 0 Å². The van der Waals surface area contributed by atoms with Crippen molar-refractivity contribution in [1.82, 2.24) is 15.5 Å². The van der Waals surface area contributed by atoms with Crippen LogP contribution < -0.4 is 10.1 Å². The molecule has 2 unspecified atom stereocenters. The Labute approximate surface area is 185 Å². The number of carbonyl (C=O) groups excluding carboxylic acids is 1. The van der Waals surface area contributed by atoms with Gasteiger partial charge in [-0.2, -0.15) is 0 Å². The lowest BCUT2D eigenvalue weighted by molar-refractivity contribution is -0.387. The third-order valence-electron chi connectivity index (χ3n) is 6.33. The Bertz CT molecular complexity index is 1010. The largest absolute Gasteiger partial charge is 0.523 e. The molecule has 8 nitrogen and oxygen atoms in total. The van der Waals surface area contributed by atoms with Gasteiger partial charge in [-0.3, -0.25) is 9.53 Å². The first-order chi connectivity index (χ1) is 15.7. The Kier molecular flexibility index (Phi) is 5.52. The average Bonchev–Trinajstić information content (AvgIpc) is 3.39. The summed E-state index contributed by atoms with van der Waals surface area (Å²) in [5.74, 6) is -0.289. The average molecular weight is 471 g/mol. The van der Waals surface area contributed by atoms with Crippen molar-refractivity contribution in [1.29, 1.82) is 0 Å². The second-order valence-corrected chi connectivity index (χ2v) is 8.58. The molecule has 3 fully saturated rings. The number of amides is 1. The first-order valence-corrected chi connectivity index (χ1v) is 10.6. The van der Waals surface area contributed by atoms with Crippen LogP contribution in [-0.2, 0) is 19.9 Å². The molecule has 0 radical (unpaired) electrons. The fourth-order valence-electron chi connectivity index (χ4n) is 4.44. The van der Waals surface area contributed by atoms with E-state index >= 15 is 0 Å². The van der Waals surface area contributed by atoms with Gasteiger partial charge in [0.15, 0.2) is 12.2 Å². The molecule has 1 N–H and O–H groups in total. The van der Waals surface area contributed by atoms with Crippen LogP contribution in [0.4, 0.5) is 17.6 Å². The number of hydrogen-bond donors (Lipinski definition) is 1. The first-order valence-electron chi connectivity index (χ1n) is 10.6. The summed E-state index contributed by atoms with van der Waals surface area (Å²) >= 11 is 0. The fraction of sp³-hybridized carbons (Fsp3) is 0.571. The van der Waals surface area contributed by atoms with Crippen LogP contribution in [0.15, 0.2) is 28.7 Å². The van der Waals surface area contributed by atoms with Gasteiger partial charge in [0.2, 0.25) is 11.8 Å². The molecule has 1 amide bonds. The molecule has 0 bridgehead atoms. The van der Waals surface area contributed by atoms with E-state index in [1.807, 2.05) is 0 Å². The zero-order chi connectivity index (χ0) is 23.2. The van der Waals surface area contributed by atoms with E-state index in [4.69, 9.17) is 13.9 Å². The van der Waals surface area contributed by atoms with E-state index in [1.165, 1.54) is 24.3 Å². The lowest BCUT2D eigenvalue weighted by atomic mass is 9.80. The smallest absolute Gasteiger partial charge is 0.484 e. The van der Waals surface area contributed by atoms with E-state index < -0.39 is 23.9 Å². The maximum atomic E-state index is 12.9. The van der Waals surface area contributed by atoms with Gasteiger partial charge < -0.3 is 19.2 Å². The Morgan fingerprint density at radius 2 is 1.94 bits per heavy atom. The molecule has 33 heavy (non-hydrogen) atoms. The summed E-state index contributed by atoms with van der Waals surface area (Å²) in [6.45, 7) is -0.0344. The van der Waals surface area contributed by atoms with Crippen LogP contribution in [-0.4, -0.2) is 41.7 Å². The number of halogens is 4. The molecule has 2 saturated carbocycles. The number of ether oxygens (including phenoxy) is 3. The van der Waals surface area contributed by atoms with E-state index in [0.29, 0.717) is 12.2 Å². The highest BCUT2D eigenvalue weighted by Crippen LogP contribution is 2.54. The minimum Gasteiger partial charge on any atom is -0.484 e. The van der Waals surface area contributed by atoms with Crippen molar-refractivity contribution in [2.75, 3.05) is 13.2 Å². The van der Waals surface area contributed by atoms with Gasteiger partial charge in [0.1, 0.15) is 17.7 Å². The van der Waals surface area contributed by atoms with Crippen molar-refractivity contribution in [2.24, 2.45) is 11.8 Å². The summed E-state index contributed by atoms with van der Waals surface area (Å²) < 4.78 is 72.4. The second-order valence-electron chi connectivity index (χ2n) is 8.58. The molecule has 178 valence electrons. The van der Waals surface area contributed by atoms with Crippen molar-refractivity contribution in [3.05, 3.63) is 41.9 Å². The SMILES string of the molecule is O=C(COc1ccc(F)cc1)N[C@H]1CO[C@H](c2nnc(C3(OC(F)(F)F)CCC3)o2)C2CC21. The summed E-state index contributed by atoms with van der Waals surface area (Å²) in [6.07, 6.45) is -3.72. The van der Waals surface area contributed by atoms with Gasteiger partial charge >= 0.3 is 6.36 Å². The Hall–Kier alpha value is -2.73. The van der Waals surface area contributed by atoms with Crippen molar-refractivity contribution >= 4 is 5.91 Å². The van der Waals surface area contributed by atoms with E-state index in [0.717, 1.165) is 6.42 Å².